The number of anilines is 2. The molecular formula is C34H30N8O. The van der Waals surface area contributed by atoms with Gasteiger partial charge in [-0.3, -0.25) is 14.8 Å². The van der Waals surface area contributed by atoms with Crippen LogP contribution in [0.4, 0.5) is 11.4 Å². The first-order chi connectivity index (χ1) is 20.7. The predicted molar refractivity (Wildman–Crippen MR) is 169 cm³/mol. The van der Waals surface area contributed by atoms with Crippen molar-refractivity contribution in [2.24, 2.45) is 0 Å². The second-order valence-electron chi connectivity index (χ2n) is 9.27. The Hall–Kier alpha value is -6.29. The average Bonchev–Trinajstić information content (AvgIpc) is 3.05. The summed E-state index contributed by atoms with van der Waals surface area (Å²) >= 11 is 0. The van der Waals surface area contributed by atoms with Crippen LogP contribution in [0.1, 0.15) is 38.4 Å². The quantitative estimate of drug-likeness (QED) is 0.158. The summed E-state index contributed by atoms with van der Waals surface area (Å²) in [7, 11) is 7.75. The highest BCUT2D eigenvalue weighted by Gasteiger charge is 2.03. The van der Waals surface area contributed by atoms with Crippen LogP contribution in [-0.4, -0.2) is 44.4 Å². The van der Waals surface area contributed by atoms with Crippen molar-refractivity contribution in [1.29, 1.82) is 15.8 Å². The molecule has 4 aromatic rings. The Morgan fingerprint density at radius 1 is 0.767 bits per heavy atom. The Morgan fingerprint density at radius 2 is 1.26 bits per heavy atom. The summed E-state index contributed by atoms with van der Waals surface area (Å²) in [6.07, 6.45) is 5.91. The number of allylic oxidation sites excluding steroid dienone is 1. The van der Waals surface area contributed by atoms with E-state index < -0.39 is 0 Å². The van der Waals surface area contributed by atoms with Crippen LogP contribution in [0.15, 0.2) is 85.2 Å². The number of carbonyl (C=O) groups is 1. The number of aromatic nitrogens is 2. The number of carbonyl (C=O) groups excluding carboxylic acids is 1. The van der Waals surface area contributed by atoms with E-state index in [4.69, 9.17) is 17.1 Å². The van der Waals surface area contributed by atoms with Crippen LogP contribution in [0, 0.1) is 40.6 Å². The lowest BCUT2D eigenvalue weighted by Crippen LogP contribution is -2.08. The summed E-state index contributed by atoms with van der Waals surface area (Å²) in [5.74, 6) is 0. The van der Waals surface area contributed by atoms with Gasteiger partial charge in [-0.1, -0.05) is 24.3 Å². The maximum Gasteiger partial charge on any atom is 0.239 e. The highest BCUT2D eigenvalue weighted by atomic mass is 16.1. The molecule has 0 saturated carbocycles. The van der Waals surface area contributed by atoms with E-state index in [0.717, 1.165) is 34.5 Å². The largest absolute Gasteiger partial charge is 0.376 e. The number of pyridine rings is 2. The van der Waals surface area contributed by atoms with Crippen LogP contribution in [0.5, 0.6) is 0 Å². The van der Waals surface area contributed by atoms with Gasteiger partial charge in [0.2, 0.25) is 6.54 Å². The van der Waals surface area contributed by atoms with Gasteiger partial charge in [0.1, 0.15) is 5.69 Å². The molecule has 4 rings (SSSR count). The summed E-state index contributed by atoms with van der Waals surface area (Å²) < 4.78 is 0. The van der Waals surface area contributed by atoms with E-state index in [0.29, 0.717) is 28.9 Å². The van der Waals surface area contributed by atoms with E-state index in [-0.39, 0.29) is 0 Å². The minimum Gasteiger partial charge on any atom is -0.376 e. The topological polar surface area (TPSA) is 125 Å². The zero-order chi connectivity index (χ0) is 31.6. The lowest BCUT2D eigenvalue weighted by Gasteiger charge is -2.11. The Balaban J connectivity index is 0.000000247. The summed E-state index contributed by atoms with van der Waals surface area (Å²) in [5.41, 5.74) is 6.65. The van der Waals surface area contributed by atoms with Gasteiger partial charge < -0.3 is 14.6 Å². The Labute approximate surface area is 252 Å². The molecule has 0 saturated heterocycles. The number of hydrogen-bond donors (Lipinski definition) is 0. The van der Waals surface area contributed by atoms with Crippen molar-refractivity contribution in [3.63, 3.8) is 0 Å². The molecule has 0 atom stereocenters. The van der Waals surface area contributed by atoms with Crippen LogP contribution < -0.4 is 9.80 Å². The van der Waals surface area contributed by atoms with Crippen molar-refractivity contribution in [3.05, 3.63) is 130 Å². The van der Waals surface area contributed by atoms with Crippen molar-refractivity contribution in [2.75, 3.05) is 38.0 Å². The van der Waals surface area contributed by atoms with Crippen LogP contribution >= 0.6 is 0 Å². The number of rotatable bonds is 6. The molecule has 43 heavy (non-hydrogen) atoms. The molecule has 2 heterocycles. The second kappa shape index (κ2) is 17.4. The molecule has 212 valence electrons. The number of aldehydes is 1. The number of hydrogen-bond acceptors (Lipinski definition) is 8. The monoisotopic (exact) mass is 566 g/mol. The molecule has 0 bridgehead atoms. The Bertz CT molecular complexity index is 1660. The third-order valence-electron chi connectivity index (χ3n) is 5.78. The van der Waals surface area contributed by atoms with E-state index >= 15 is 0 Å². The molecule has 0 amide bonds. The number of benzene rings is 2. The molecule has 0 aliphatic heterocycles. The molecule has 0 spiro atoms. The minimum absolute atomic E-state index is 0.395. The molecule has 0 aliphatic carbocycles. The fraction of sp³-hybridized carbons (Fsp3) is 0.147. The van der Waals surface area contributed by atoms with Crippen molar-refractivity contribution in [2.45, 2.75) is 6.54 Å². The van der Waals surface area contributed by atoms with Crippen molar-refractivity contribution >= 4 is 29.3 Å². The second-order valence-corrected chi connectivity index (χ2v) is 9.27. The minimum atomic E-state index is 0.395. The number of nitrogens with zero attached hydrogens (tertiary/aromatic N) is 8. The third-order valence-corrected chi connectivity index (χ3v) is 5.78. The van der Waals surface area contributed by atoms with Crippen LogP contribution in [0.2, 0.25) is 0 Å². The number of nitriles is 3. The Kier molecular flexibility index (Phi) is 13.3. The zero-order valence-electron chi connectivity index (χ0n) is 24.4. The molecule has 0 fully saturated rings. The maximum atomic E-state index is 10.2. The van der Waals surface area contributed by atoms with Gasteiger partial charge in [-0.15, -0.1) is 0 Å². The van der Waals surface area contributed by atoms with E-state index in [1.54, 1.807) is 73.1 Å². The molecule has 2 aromatic heterocycles. The first kappa shape index (κ1) is 32.9. The predicted octanol–water partition coefficient (Wildman–Crippen LogP) is 6.02. The lowest BCUT2D eigenvalue weighted by molar-refractivity contribution is 0.111. The highest BCUT2D eigenvalue weighted by molar-refractivity contribution is 5.89. The van der Waals surface area contributed by atoms with E-state index in [1.165, 1.54) is 0 Å². The summed E-state index contributed by atoms with van der Waals surface area (Å²) in [6, 6.07) is 27.6. The van der Waals surface area contributed by atoms with E-state index in [1.807, 2.05) is 62.3 Å². The summed E-state index contributed by atoms with van der Waals surface area (Å²) in [6.45, 7) is 6.99. The Morgan fingerprint density at radius 3 is 1.63 bits per heavy atom. The lowest BCUT2D eigenvalue weighted by atomic mass is 10.0. The first-order valence-electron chi connectivity index (χ1n) is 12.9. The van der Waals surface area contributed by atoms with Gasteiger partial charge in [0.25, 0.3) is 0 Å². The molecular weight excluding hydrogens is 536 g/mol. The van der Waals surface area contributed by atoms with E-state index in [2.05, 4.69) is 27.0 Å². The van der Waals surface area contributed by atoms with Crippen LogP contribution in [0.3, 0.4) is 0 Å². The zero-order valence-corrected chi connectivity index (χ0v) is 24.4. The average molecular weight is 567 g/mol. The van der Waals surface area contributed by atoms with Crippen molar-refractivity contribution in [3.8, 4) is 18.2 Å². The maximum absolute atomic E-state index is 10.2. The summed E-state index contributed by atoms with van der Waals surface area (Å²) in [5, 5.41) is 26.5. The highest BCUT2D eigenvalue weighted by Crippen LogP contribution is 2.18. The summed E-state index contributed by atoms with van der Waals surface area (Å²) in [4.78, 5) is 25.6. The van der Waals surface area contributed by atoms with Crippen LogP contribution in [-0.2, 0) is 6.54 Å². The van der Waals surface area contributed by atoms with Crippen molar-refractivity contribution < 1.29 is 4.79 Å². The molecule has 9 heteroatoms. The molecule has 9 nitrogen and oxygen atoms in total. The third kappa shape index (κ3) is 11.0. The molecule has 0 radical (unpaired) electrons. The van der Waals surface area contributed by atoms with Gasteiger partial charge in [0.05, 0.1) is 64.4 Å². The SMILES string of the molecule is CN(C)c1ccc(/C=C(\C#N)c2ccc(C#N)cc2)nc1.CN(C)c1ccc(C=O)nc1.[C-]#[N+]Cc1ccc(C#N)cc1. The molecule has 0 N–H and O–H groups in total. The van der Waals surface area contributed by atoms with Gasteiger partial charge in [0.15, 0.2) is 6.29 Å². The van der Waals surface area contributed by atoms with Gasteiger partial charge in [-0.25, -0.2) is 6.57 Å². The van der Waals surface area contributed by atoms with Gasteiger partial charge in [0, 0.05) is 33.8 Å². The molecule has 0 unspecified atom stereocenters. The molecule has 2 aromatic carbocycles. The molecule has 0 aliphatic rings. The fourth-order valence-corrected chi connectivity index (χ4v) is 3.31. The normalized spacial score (nSPS) is 9.63. The van der Waals surface area contributed by atoms with Gasteiger partial charge in [-0.05, 0) is 60.2 Å². The van der Waals surface area contributed by atoms with Gasteiger partial charge >= 0.3 is 0 Å². The smallest absolute Gasteiger partial charge is 0.239 e. The van der Waals surface area contributed by atoms with Crippen molar-refractivity contribution in [1.82, 2.24) is 9.97 Å². The van der Waals surface area contributed by atoms with Gasteiger partial charge in [-0.2, -0.15) is 15.8 Å². The fourth-order valence-electron chi connectivity index (χ4n) is 3.31. The van der Waals surface area contributed by atoms with Crippen LogP contribution in [0.25, 0.3) is 16.5 Å². The first-order valence-corrected chi connectivity index (χ1v) is 12.9. The standard InChI is InChI=1S/C17H14N4.C9H6N2.C8H10N2O/c1-21(2)17-8-7-16(20-12-17)9-15(11-19)14-5-3-13(10-18)4-6-14;1-11-7-9-4-2-8(6-10)3-5-9;1-10(2)8-4-3-7(6-11)9-5-8/h3-9,12H,1-2H3;2-5H,7H2;3-6H,1-2H3/b15-9+;;. The van der Waals surface area contributed by atoms with E-state index in [9.17, 15) is 10.1 Å².